The van der Waals surface area contributed by atoms with E-state index < -0.39 is 0 Å². The predicted octanol–water partition coefficient (Wildman–Crippen LogP) is 4.44. The molecule has 0 saturated heterocycles. The second-order valence-corrected chi connectivity index (χ2v) is 6.27. The first-order valence-electron chi connectivity index (χ1n) is 8.39. The van der Waals surface area contributed by atoms with E-state index in [1.54, 1.807) is 12.1 Å². The molecule has 0 amide bonds. The quantitative estimate of drug-likeness (QED) is 0.643. The summed E-state index contributed by atoms with van der Waals surface area (Å²) in [5, 5.41) is 8.86. The van der Waals surface area contributed by atoms with Crippen molar-refractivity contribution in [3.05, 3.63) is 77.1 Å². The standard InChI is InChI=1S/C22H20N2O2/c1-15-12-21(16(2)24(15)3)22(25)14-26-20-10-8-19(9-11-20)18-6-4-17(13-23)5-7-18/h4-12H,14H2,1-3H3. The van der Waals surface area contributed by atoms with Gasteiger partial charge in [-0.05, 0) is 55.3 Å². The third-order valence-corrected chi connectivity index (χ3v) is 4.65. The third kappa shape index (κ3) is 3.52. The van der Waals surface area contributed by atoms with Crippen LogP contribution >= 0.6 is 0 Å². The second kappa shape index (κ2) is 7.28. The van der Waals surface area contributed by atoms with Crippen LogP contribution < -0.4 is 4.74 Å². The lowest BCUT2D eigenvalue weighted by molar-refractivity contribution is 0.0921. The molecule has 0 fully saturated rings. The Morgan fingerprint density at radius 1 is 1.04 bits per heavy atom. The summed E-state index contributed by atoms with van der Waals surface area (Å²) in [6.07, 6.45) is 0. The van der Waals surface area contributed by atoms with E-state index in [0.717, 1.165) is 22.5 Å². The summed E-state index contributed by atoms with van der Waals surface area (Å²) < 4.78 is 7.65. The molecule has 3 rings (SSSR count). The first kappa shape index (κ1) is 17.5. The van der Waals surface area contributed by atoms with Gasteiger partial charge < -0.3 is 9.30 Å². The molecule has 26 heavy (non-hydrogen) atoms. The molecule has 0 unspecified atom stereocenters. The average Bonchev–Trinajstić information content (AvgIpc) is 2.94. The molecule has 0 spiro atoms. The number of Topliss-reactive ketones (excluding diaryl/α,β-unsaturated/α-hetero) is 1. The molecule has 3 aromatic rings. The van der Waals surface area contributed by atoms with Crippen molar-refractivity contribution in [2.45, 2.75) is 13.8 Å². The maximum absolute atomic E-state index is 12.4. The van der Waals surface area contributed by atoms with E-state index in [0.29, 0.717) is 16.9 Å². The Morgan fingerprint density at radius 3 is 2.12 bits per heavy atom. The van der Waals surface area contributed by atoms with E-state index >= 15 is 0 Å². The zero-order valence-electron chi connectivity index (χ0n) is 15.1. The topological polar surface area (TPSA) is 55.0 Å². The van der Waals surface area contributed by atoms with Gasteiger partial charge in [-0.25, -0.2) is 0 Å². The lowest BCUT2D eigenvalue weighted by Gasteiger charge is -2.07. The lowest BCUT2D eigenvalue weighted by atomic mass is 10.0. The molecule has 0 atom stereocenters. The SMILES string of the molecule is Cc1cc(C(=O)COc2ccc(-c3ccc(C#N)cc3)cc2)c(C)n1C. The number of aryl methyl sites for hydroxylation is 1. The van der Waals surface area contributed by atoms with Crippen LogP contribution in [0, 0.1) is 25.2 Å². The summed E-state index contributed by atoms with van der Waals surface area (Å²) in [5.74, 6) is 0.628. The van der Waals surface area contributed by atoms with Gasteiger partial charge in [-0.1, -0.05) is 24.3 Å². The van der Waals surface area contributed by atoms with E-state index in [2.05, 4.69) is 6.07 Å². The van der Waals surface area contributed by atoms with Crippen molar-refractivity contribution in [2.24, 2.45) is 7.05 Å². The average molecular weight is 344 g/mol. The number of hydrogen-bond donors (Lipinski definition) is 0. The van der Waals surface area contributed by atoms with Crippen molar-refractivity contribution < 1.29 is 9.53 Å². The Bertz CT molecular complexity index is 975. The Balaban J connectivity index is 1.66. The molecule has 0 radical (unpaired) electrons. The molecule has 4 nitrogen and oxygen atoms in total. The highest BCUT2D eigenvalue weighted by molar-refractivity contribution is 5.98. The second-order valence-electron chi connectivity index (χ2n) is 6.27. The van der Waals surface area contributed by atoms with Gasteiger partial charge in [0.05, 0.1) is 11.6 Å². The monoisotopic (exact) mass is 344 g/mol. The fraction of sp³-hybridized carbons (Fsp3) is 0.182. The summed E-state index contributed by atoms with van der Waals surface area (Å²) in [4.78, 5) is 12.4. The smallest absolute Gasteiger partial charge is 0.202 e. The highest BCUT2D eigenvalue weighted by Crippen LogP contribution is 2.23. The molecule has 130 valence electrons. The lowest BCUT2D eigenvalue weighted by Crippen LogP contribution is -2.12. The number of nitrogens with zero attached hydrogens (tertiary/aromatic N) is 2. The third-order valence-electron chi connectivity index (χ3n) is 4.65. The number of hydrogen-bond acceptors (Lipinski definition) is 3. The van der Waals surface area contributed by atoms with Crippen molar-refractivity contribution >= 4 is 5.78 Å². The number of carbonyl (C=O) groups excluding carboxylic acids is 1. The van der Waals surface area contributed by atoms with Gasteiger partial charge in [0.1, 0.15) is 5.75 Å². The minimum Gasteiger partial charge on any atom is -0.485 e. The van der Waals surface area contributed by atoms with E-state index in [4.69, 9.17) is 10.00 Å². The number of carbonyl (C=O) groups is 1. The van der Waals surface area contributed by atoms with Crippen LogP contribution in [0.1, 0.15) is 27.3 Å². The fourth-order valence-electron chi connectivity index (χ4n) is 2.85. The van der Waals surface area contributed by atoms with E-state index in [-0.39, 0.29) is 12.4 Å². The normalized spacial score (nSPS) is 10.4. The van der Waals surface area contributed by atoms with Gasteiger partial charge >= 0.3 is 0 Å². The fourth-order valence-corrected chi connectivity index (χ4v) is 2.85. The van der Waals surface area contributed by atoms with Crippen LogP contribution in [0.3, 0.4) is 0 Å². The van der Waals surface area contributed by atoms with Crippen molar-refractivity contribution in [3.8, 4) is 22.9 Å². The van der Waals surface area contributed by atoms with Crippen LogP contribution in [-0.4, -0.2) is 17.0 Å². The number of ether oxygens (including phenoxy) is 1. The molecule has 0 N–H and O–H groups in total. The number of aromatic nitrogens is 1. The van der Waals surface area contributed by atoms with Crippen LogP contribution in [0.5, 0.6) is 5.75 Å². The summed E-state index contributed by atoms with van der Waals surface area (Å²) in [6, 6.07) is 19.0. The van der Waals surface area contributed by atoms with Crippen molar-refractivity contribution in [1.29, 1.82) is 5.26 Å². The number of benzene rings is 2. The van der Waals surface area contributed by atoms with E-state index in [9.17, 15) is 4.79 Å². The van der Waals surface area contributed by atoms with Crippen LogP contribution in [0.15, 0.2) is 54.6 Å². The van der Waals surface area contributed by atoms with Gasteiger partial charge in [0, 0.05) is 24.0 Å². The zero-order valence-corrected chi connectivity index (χ0v) is 15.1. The van der Waals surface area contributed by atoms with Crippen LogP contribution in [0.2, 0.25) is 0 Å². The minimum absolute atomic E-state index is 0.0144. The highest BCUT2D eigenvalue weighted by atomic mass is 16.5. The molecule has 0 bridgehead atoms. The summed E-state index contributed by atoms with van der Waals surface area (Å²) in [5.41, 5.74) is 5.41. The minimum atomic E-state index is -0.0256. The zero-order chi connectivity index (χ0) is 18.7. The Morgan fingerprint density at radius 2 is 1.62 bits per heavy atom. The van der Waals surface area contributed by atoms with E-state index in [1.807, 2.05) is 67.9 Å². The predicted molar refractivity (Wildman–Crippen MR) is 101 cm³/mol. The maximum atomic E-state index is 12.4. The van der Waals surface area contributed by atoms with Gasteiger partial charge in [-0.2, -0.15) is 5.26 Å². The Hall–Kier alpha value is -3.32. The molecular weight excluding hydrogens is 324 g/mol. The molecule has 0 aliphatic carbocycles. The highest BCUT2D eigenvalue weighted by Gasteiger charge is 2.14. The first-order chi connectivity index (χ1) is 12.5. The molecule has 4 heteroatoms. The van der Waals surface area contributed by atoms with E-state index in [1.165, 1.54) is 0 Å². The Kier molecular flexibility index (Phi) is 4.90. The summed E-state index contributed by atoms with van der Waals surface area (Å²) >= 11 is 0. The molecule has 0 aliphatic heterocycles. The first-order valence-corrected chi connectivity index (χ1v) is 8.39. The summed E-state index contributed by atoms with van der Waals surface area (Å²) in [7, 11) is 1.95. The van der Waals surface area contributed by atoms with Gasteiger partial charge in [0.15, 0.2) is 6.61 Å². The molecular formula is C22H20N2O2. The van der Waals surface area contributed by atoms with Crippen molar-refractivity contribution in [1.82, 2.24) is 4.57 Å². The van der Waals surface area contributed by atoms with Gasteiger partial charge in [0.25, 0.3) is 0 Å². The number of ketones is 1. The van der Waals surface area contributed by atoms with Crippen LogP contribution in [-0.2, 0) is 7.05 Å². The van der Waals surface area contributed by atoms with Crippen molar-refractivity contribution in [3.63, 3.8) is 0 Å². The molecule has 0 aliphatic rings. The van der Waals surface area contributed by atoms with Gasteiger partial charge in [-0.3, -0.25) is 4.79 Å². The summed E-state index contributed by atoms with van der Waals surface area (Å²) in [6.45, 7) is 3.93. The Labute approximate surface area is 153 Å². The number of rotatable bonds is 5. The molecule has 1 heterocycles. The number of nitriles is 1. The van der Waals surface area contributed by atoms with Gasteiger partial charge in [0.2, 0.25) is 5.78 Å². The van der Waals surface area contributed by atoms with Crippen molar-refractivity contribution in [2.75, 3.05) is 6.61 Å². The molecule has 0 saturated carbocycles. The van der Waals surface area contributed by atoms with Crippen LogP contribution in [0.25, 0.3) is 11.1 Å². The van der Waals surface area contributed by atoms with Crippen LogP contribution in [0.4, 0.5) is 0 Å². The molecule has 2 aromatic carbocycles. The van der Waals surface area contributed by atoms with Gasteiger partial charge in [-0.15, -0.1) is 0 Å². The maximum Gasteiger partial charge on any atom is 0.202 e. The molecule has 1 aromatic heterocycles. The largest absolute Gasteiger partial charge is 0.485 e.